The first-order chi connectivity index (χ1) is 13.1. The molecule has 4 aromatic rings. The van der Waals surface area contributed by atoms with Crippen LogP contribution in [0.1, 0.15) is 0 Å². The number of halogens is 1. The minimum atomic E-state index is 0.192. The first-order valence-corrected chi connectivity index (χ1v) is 8.83. The van der Waals surface area contributed by atoms with Crippen LogP contribution in [0.4, 0.5) is 0 Å². The minimum Gasteiger partial charge on any atom is -0.508 e. The van der Waals surface area contributed by atoms with E-state index >= 15 is 0 Å². The third kappa shape index (κ3) is 3.78. The van der Waals surface area contributed by atoms with E-state index in [2.05, 4.69) is 0 Å². The molecule has 0 saturated carbocycles. The summed E-state index contributed by atoms with van der Waals surface area (Å²) >= 11 is 6.02. The lowest BCUT2D eigenvalue weighted by Crippen LogP contribution is -1.91. The van der Waals surface area contributed by atoms with E-state index in [4.69, 9.17) is 16.6 Å². The number of nitrogens with zero attached hydrogens (tertiary/aromatic N) is 1. The predicted molar refractivity (Wildman–Crippen MR) is 109 cm³/mol. The predicted octanol–water partition coefficient (Wildman–Crippen LogP) is 6.15. The van der Waals surface area contributed by atoms with E-state index < -0.39 is 0 Å². The molecule has 0 saturated heterocycles. The average Bonchev–Trinajstić information content (AvgIpc) is 2.69. The standard InChI is InChI=1S/C23H16ClNO2/c24-19-8-4-15(5-9-19)18-13-22(16-6-10-20(26)11-7-16)25-23(14-18)17-2-1-3-21(27)12-17/h1-14,26-27H. The van der Waals surface area contributed by atoms with Crippen LogP contribution < -0.4 is 0 Å². The highest BCUT2D eigenvalue weighted by Gasteiger charge is 2.09. The van der Waals surface area contributed by atoms with Crippen LogP contribution in [0.2, 0.25) is 5.02 Å². The summed E-state index contributed by atoms with van der Waals surface area (Å²) in [6, 6.07) is 25.6. The zero-order valence-corrected chi connectivity index (χ0v) is 15.1. The van der Waals surface area contributed by atoms with Gasteiger partial charge in [-0.2, -0.15) is 0 Å². The molecule has 0 aliphatic rings. The molecule has 3 aromatic carbocycles. The molecule has 0 unspecified atom stereocenters. The largest absolute Gasteiger partial charge is 0.508 e. The van der Waals surface area contributed by atoms with Crippen LogP contribution in [-0.2, 0) is 0 Å². The highest BCUT2D eigenvalue weighted by atomic mass is 35.5. The van der Waals surface area contributed by atoms with E-state index in [-0.39, 0.29) is 11.5 Å². The summed E-state index contributed by atoms with van der Waals surface area (Å²) in [5.74, 6) is 0.401. The van der Waals surface area contributed by atoms with E-state index in [9.17, 15) is 10.2 Å². The molecule has 0 fully saturated rings. The molecular weight excluding hydrogens is 358 g/mol. The number of pyridine rings is 1. The lowest BCUT2D eigenvalue weighted by atomic mass is 10.00. The van der Waals surface area contributed by atoms with Crippen LogP contribution in [0, 0.1) is 0 Å². The van der Waals surface area contributed by atoms with Gasteiger partial charge in [0.15, 0.2) is 0 Å². The number of aromatic hydroxyl groups is 2. The van der Waals surface area contributed by atoms with Crippen molar-refractivity contribution >= 4 is 11.6 Å². The normalized spacial score (nSPS) is 10.7. The minimum absolute atomic E-state index is 0.192. The molecule has 2 N–H and O–H groups in total. The molecule has 0 aliphatic carbocycles. The van der Waals surface area contributed by atoms with Gasteiger partial charge in [0.05, 0.1) is 11.4 Å². The van der Waals surface area contributed by atoms with Gasteiger partial charge in [-0.25, -0.2) is 4.98 Å². The third-order valence-electron chi connectivity index (χ3n) is 4.31. The Kier molecular flexibility index (Phi) is 4.53. The van der Waals surface area contributed by atoms with Gasteiger partial charge in [-0.05, 0) is 71.8 Å². The number of phenolic OH excluding ortho intramolecular Hbond substituents is 2. The highest BCUT2D eigenvalue weighted by Crippen LogP contribution is 2.32. The first-order valence-electron chi connectivity index (χ1n) is 8.45. The van der Waals surface area contributed by atoms with Gasteiger partial charge in [-0.1, -0.05) is 35.9 Å². The summed E-state index contributed by atoms with van der Waals surface area (Å²) in [6.07, 6.45) is 0. The lowest BCUT2D eigenvalue weighted by Gasteiger charge is -2.11. The highest BCUT2D eigenvalue weighted by molar-refractivity contribution is 6.30. The van der Waals surface area contributed by atoms with Crippen LogP contribution in [0.3, 0.4) is 0 Å². The molecule has 132 valence electrons. The van der Waals surface area contributed by atoms with Gasteiger partial charge in [0.1, 0.15) is 11.5 Å². The second kappa shape index (κ2) is 7.14. The molecule has 1 aromatic heterocycles. The number of aromatic nitrogens is 1. The number of hydrogen-bond donors (Lipinski definition) is 2. The Morgan fingerprint density at radius 1 is 0.556 bits per heavy atom. The van der Waals surface area contributed by atoms with Gasteiger partial charge in [-0.15, -0.1) is 0 Å². The van der Waals surface area contributed by atoms with Crippen molar-refractivity contribution in [3.05, 3.63) is 90.0 Å². The average molecular weight is 374 g/mol. The molecule has 0 radical (unpaired) electrons. The number of phenols is 2. The number of hydrogen-bond acceptors (Lipinski definition) is 3. The first kappa shape index (κ1) is 17.1. The van der Waals surface area contributed by atoms with Crippen molar-refractivity contribution in [3.63, 3.8) is 0 Å². The van der Waals surface area contributed by atoms with Crippen molar-refractivity contribution in [2.24, 2.45) is 0 Å². The Morgan fingerprint density at radius 2 is 1.19 bits per heavy atom. The van der Waals surface area contributed by atoms with E-state index in [1.165, 1.54) is 0 Å². The molecule has 0 amide bonds. The van der Waals surface area contributed by atoms with Crippen molar-refractivity contribution in [3.8, 4) is 45.1 Å². The summed E-state index contributed by atoms with van der Waals surface area (Å²) in [7, 11) is 0. The van der Waals surface area contributed by atoms with Crippen LogP contribution in [0.15, 0.2) is 84.9 Å². The van der Waals surface area contributed by atoms with Gasteiger partial charge in [-0.3, -0.25) is 0 Å². The molecule has 0 aliphatic heterocycles. The summed E-state index contributed by atoms with van der Waals surface area (Å²) in [6.45, 7) is 0. The van der Waals surface area contributed by atoms with Crippen molar-refractivity contribution < 1.29 is 10.2 Å². The Balaban J connectivity index is 1.90. The fourth-order valence-corrected chi connectivity index (χ4v) is 3.06. The van der Waals surface area contributed by atoms with Crippen molar-refractivity contribution in [2.45, 2.75) is 0 Å². The molecule has 27 heavy (non-hydrogen) atoms. The summed E-state index contributed by atoms with van der Waals surface area (Å²) in [5.41, 5.74) is 5.25. The second-order valence-electron chi connectivity index (χ2n) is 6.23. The Morgan fingerprint density at radius 3 is 1.85 bits per heavy atom. The molecule has 1 heterocycles. The maximum Gasteiger partial charge on any atom is 0.116 e. The fourth-order valence-electron chi connectivity index (χ4n) is 2.93. The van der Waals surface area contributed by atoms with Crippen LogP contribution in [0.25, 0.3) is 33.6 Å². The van der Waals surface area contributed by atoms with Gasteiger partial charge in [0.25, 0.3) is 0 Å². The van der Waals surface area contributed by atoms with Gasteiger partial charge >= 0.3 is 0 Å². The maximum atomic E-state index is 9.84. The topological polar surface area (TPSA) is 53.4 Å². The van der Waals surface area contributed by atoms with Crippen molar-refractivity contribution in [2.75, 3.05) is 0 Å². The van der Waals surface area contributed by atoms with Gasteiger partial charge in [0, 0.05) is 16.1 Å². The van der Waals surface area contributed by atoms with Gasteiger partial charge < -0.3 is 10.2 Å². The third-order valence-corrected chi connectivity index (χ3v) is 4.56. The molecule has 3 nitrogen and oxygen atoms in total. The molecule has 4 rings (SSSR count). The fraction of sp³-hybridized carbons (Fsp3) is 0. The van der Waals surface area contributed by atoms with E-state index in [1.54, 1.807) is 30.3 Å². The Bertz CT molecular complexity index is 1030. The van der Waals surface area contributed by atoms with Crippen molar-refractivity contribution in [1.29, 1.82) is 0 Å². The zero-order chi connectivity index (χ0) is 18.8. The van der Waals surface area contributed by atoms with E-state index in [1.807, 2.05) is 54.6 Å². The van der Waals surface area contributed by atoms with E-state index in [0.717, 1.165) is 33.6 Å². The van der Waals surface area contributed by atoms with Crippen LogP contribution in [0.5, 0.6) is 11.5 Å². The SMILES string of the molecule is Oc1ccc(-c2cc(-c3ccc(Cl)cc3)cc(-c3cccc(O)c3)n2)cc1. The maximum absolute atomic E-state index is 9.84. The Hall–Kier alpha value is -3.30. The van der Waals surface area contributed by atoms with E-state index in [0.29, 0.717) is 5.02 Å². The van der Waals surface area contributed by atoms with Crippen LogP contribution >= 0.6 is 11.6 Å². The second-order valence-corrected chi connectivity index (χ2v) is 6.67. The summed E-state index contributed by atoms with van der Waals surface area (Å²) in [4.78, 5) is 4.77. The number of rotatable bonds is 3. The molecule has 4 heteroatoms. The zero-order valence-electron chi connectivity index (χ0n) is 14.3. The molecule has 0 atom stereocenters. The lowest BCUT2D eigenvalue weighted by molar-refractivity contribution is 0.475. The smallest absolute Gasteiger partial charge is 0.116 e. The van der Waals surface area contributed by atoms with Crippen LogP contribution in [-0.4, -0.2) is 15.2 Å². The Labute approximate surface area is 162 Å². The molecule has 0 spiro atoms. The quantitative estimate of drug-likeness (QED) is 0.453. The summed E-state index contributed by atoms with van der Waals surface area (Å²) < 4.78 is 0. The van der Waals surface area contributed by atoms with Gasteiger partial charge in [0.2, 0.25) is 0 Å². The molecule has 0 bridgehead atoms. The van der Waals surface area contributed by atoms with Crippen molar-refractivity contribution in [1.82, 2.24) is 4.98 Å². The summed E-state index contributed by atoms with van der Waals surface area (Å²) in [5, 5.41) is 20.1. The molecular formula is C23H16ClNO2. The monoisotopic (exact) mass is 373 g/mol. The number of benzene rings is 3.